The maximum Gasteiger partial charge on any atom is 0.261 e. The van der Waals surface area contributed by atoms with Crippen molar-refractivity contribution in [3.05, 3.63) is 0 Å². The average molecular weight is 343 g/mol. The highest BCUT2D eigenvalue weighted by molar-refractivity contribution is 9.09. The second-order valence-electron chi connectivity index (χ2n) is 6.60. The van der Waals surface area contributed by atoms with E-state index in [1.807, 2.05) is 5.06 Å². The summed E-state index contributed by atoms with van der Waals surface area (Å²) < 4.78 is 0. The van der Waals surface area contributed by atoms with Crippen LogP contribution in [0, 0.1) is 11.8 Å². The highest BCUT2D eigenvalue weighted by Crippen LogP contribution is 2.55. The first kappa shape index (κ1) is 13.2. The van der Waals surface area contributed by atoms with Gasteiger partial charge in [-0.3, -0.25) is 19.3 Å². The number of hydrogen-bond acceptors (Lipinski definition) is 4. The van der Waals surface area contributed by atoms with Gasteiger partial charge in [-0.1, -0.05) is 28.8 Å². The van der Waals surface area contributed by atoms with Gasteiger partial charge in [-0.2, -0.15) is 5.06 Å². The lowest BCUT2D eigenvalue weighted by atomic mass is 9.74. The third kappa shape index (κ3) is 1.40. The van der Waals surface area contributed by atoms with Crippen molar-refractivity contribution in [2.24, 2.45) is 11.8 Å². The molecule has 3 saturated heterocycles. The molecule has 0 aromatic carbocycles. The topological polar surface area (TPSA) is 49.9 Å². The Hall–Kier alpha value is -0.460. The summed E-state index contributed by atoms with van der Waals surface area (Å²) in [5.41, 5.74) is -0.00755. The number of likely N-dealkylation sites (tertiary alicyclic amines) is 1. The number of alkyl halides is 1. The number of halogens is 1. The molecule has 4 fully saturated rings. The number of carbonyl (C=O) groups is 2. The molecule has 4 rings (SSSR count). The van der Waals surface area contributed by atoms with E-state index in [0.29, 0.717) is 5.92 Å². The van der Waals surface area contributed by atoms with E-state index >= 15 is 0 Å². The van der Waals surface area contributed by atoms with Crippen molar-refractivity contribution in [1.82, 2.24) is 9.96 Å². The van der Waals surface area contributed by atoms with Gasteiger partial charge in [0.1, 0.15) is 0 Å². The lowest BCUT2D eigenvalue weighted by Crippen LogP contribution is -2.52. The van der Waals surface area contributed by atoms with Crippen molar-refractivity contribution in [2.45, 2.75) is 49.8 Å². The summed E-state index contributed by atoms with van der Waals surface area (Å²) in [6, 6.07) is 0.0852. The van der Waals surface area contributed by atoms with Crippen LogP contribution in [0.3, 0.4) is 0 Å². The Labute approximate surface area is 126 Å². The highest BCUT2D eigenvalue weighted by atomic mass is 79.9. The zero-order valence-corrected chi connectivity index (χ0v) is 13.1. The molecule has 110 valence electrons. The summed E-state index contributed by atoms with van der Waals surface area (Å²) in [5.74, 6) is 0.0618. The van der Waals surface area contributed by atoms with Crippen molar-refractivity contribution in [1.29, 1.82) is 0 Å². The predicted octanol–water partition coefficient (Wildman–Crippen LogP) is 1.31. The number of nitrogens with zero attached hydrogens (tertiary/aromatic N) is 2. The van der Waals surface area contributed by atoms with Gasteiger partial charge in [0, 0.05) is 12.4 Å². The van der Waals surface area contributed by atoms with Crippen molar-refractivity contribution in [3.63, 3.8) is 0 Å². The Kier molecular flexibility index (Phi) is 2.82. The summed E-state index contributed by atoms with van der Waals surface area (Å²) in [6.45, 7) is 0. The number of fused-ring (bicyclic) bond motifs is 5. The van der Waals surface area contributed by atoms with Crippen molar-refractivity contribution in [2.75, 3.05) is 12.4 Å². The molecule has 0 aromatic heterocycles. The first-order valence-electron chi connectivity index (χ1n) is 7.43. The Bertz CT molecular complexity index is 485. The lowest BCUT2D eigenvalue weighted by molar-refractivity contribution is -0.214. The van der Waals surface area contributed by atoms with E-state index in [2.05, 4.69) is 15.9 Å². The zero-order valence-electron chi connectivity index (χ0n) is 11.5. The van der Waals surface area contributed by atoms with Gasteiger partial charge in [-0.25, -0.2) is 0 Å². The number of hydroxylamine groups is 2. The third-order valence-corrected chi connectivity index (χ3v) is 6.80. The lowest BCUT2D eigenvalue weighted by Gasteiger charge is -2.43. The van der Waals surface area contributed by atoms with Crippen molar-refractivity contribution in [3.8, 4) is 0 Å². The van der Waals surface area contributed by atoms with E-state index in [-0.39, 0.29) is 29.3 Å². The normalized spacial score (nSPS) is 47.6. The minimum atomic E-state index is -0.573. The molecule has 2 amide bonds. The maximum atomic E-state index is 12.3. The van der Waals surface area contributed by atoms with Crippen LogP contribution in [0.1, 0.15) is 32.1 Å². The van der Waals surface area contributed by atoms with Gasteiger partial charge in [0.05, 0.1) is 17.5 Å². The summed E-state index contributed by atoms with van der Waals surface area (Å²) in [7, 11) is 1.57. The second-order valence-corrected chi connectivity index (χ2v) is 7.16. The zero-order chi connectivity index (χ0) is 14.1. The molecule has 0 aromatic rings. The molecule has 3 heterocycles. The minimum Gasteiger partial charge on any atom is -0.284 e. The van der Waals surface area contributed by atoms with E-state index in [1.54, 1.807) is 7.05 Å². The summed E-state index contributed by atoms with van der Waals surface area (Å²) in [4.78, 5) is 31.7. The molecule has 1 saturated carbocycles. The highest BCUT2D eigenvalue weighted by Gasteiger charge is 2.67. The van der Waals surface area contributed by atoms with Crippen LogP contribution in [0.5, 0.6) is 0 Å². The fourth-order valence-corrected chi connectivity index (χ4v) is 5.74. The van der Waals surface area contributed by atoms with E-state index in [9.17, 15) is 9.59 Å². The van der Waals surface area contributed by atoms with Gasteiger partial charge in [-0.15, -0.1) is 0 Å². The fraction of sp³-hybridized carbons (Fsp3) is 0.857. The Balaban J connectivity index is 1.71. The summed E-state index contributed by atoms with van der Waals surface area (Å²) in [6.07, 6.45) is 5.18. The van der Waals surface area contributed by atoms with Crippen LogP contribution in [0.25, 0.3) is 0 Å². The quantitative estimate of drug-likeness (QED) is 0.532. The number of rotatable bonds is 1. The van der Waals surface area contributed by atoms with Gasteiger partial charge in [0.15, 0.2) is 6.10 Å². The summed E-state index contributed by atoms with van der Waals surface area (Å²) >= 11 is 3.67. The molecule has 0 N–H and O–H groups in total. The molecule has 20 heavy (non-hydrogen) atoms. The van der Waals surface area contributed by atoms with E-state index in [4.69, 9.17) is 4.84 Å². The standard InChI is InChI=1S/C14H19BrN2O3/c1-16-12(18)10-9-6-8-4-2-3-5-14(8,7-15)17(9)20-11(10)13(16)19/h8-11H,2-7H2,1H3/t8-,9-,10-,11+,14+/m0/s1. The van der Waals surface area contributed by atoms with Crippen LogP contribution >= 0.6 is 15.9 Å². The SMILES string of the molecule is CN1C(=O)[C@@H]2[C@@H](ON3[C@H]2C[C@@H]2CCCC[C@@]23CBr)C1=O. The van der Waals surface area contributed by atoms with Crippen LogP contribution < -0.4 is 0 Å². The van der Waals surface area contributed by atoms with Gasteiger partial charge in [0.2, 0.25) is 5.91 Å². The smallest absolute Gasteiger partial charge is 0.261 e. The average Bonchev–Trinajstić information content (AvgIpc) is 3.04. The molecular formula is C14H19BrN2O3. The Morgan fingerprint density at radius 1 is 1.35 bits per heavy atom. The van der Waals surface area contributed by atoms with Crippen LogP contribution in [-0.2, 0) is 14.4 Å². The second kappa shape index (κ2) is 4.27. The molecule has 4 aliphatic rings. The van der Waals surface area contributed by atoms with Crippen LogP contribution in [0.2, 0.25) is 0 Å². The largest absolute Gasteiger partial charge is 0.284 e. The molecule has 5 atom stereocenters. The van der Waals surface area contributed by atoms with Gasteiger partial charge in [0.25, 0.3) is 5.91 Å². The Morgan fingerprint density at radius 3 is 2.90 bits per heavy atom. The van der Waals surface area contributed by atoms with Gasteiger partial charge in [-0.05, 0) is 25.2 Å². The number of imide groups is 1. The minimum absolute atomic E-state index is 0.00755. The van der Waals surface area contributed by atoms with E-state index in [1.165, 1.54) is 24.2 Å². The summed E-state index contributed by atoms with van der Waals surface area (Å²) in [5, 5.41) is 2.91. The monoisotopic (exact) mass is 342 g/mol. The molecule has 5 nitrogen and oxygen atoms in total. The predicted molar refractivity (Wildman–Crippen MR) is 74.9 cm³/mol. The van der Waals surface area contributed by atoms with Crippen LogP contribution in [0.15, 0.2) is 0 Å². The number of carbonyl (C=O) groups excluding carboxylic acids is 2. The molecule has 6 heteroatoms. The van der Waals surface area contributed by atoms with Crippen LogP contribution in [0.4, 0.5) is 0 Å². The number of amides is 2. The molecule has 0 spiro atoms. The van der Waals surface area contributed by atoms with Crippen molar-refractivity contribution >= 4 is 27.7 Å². The molecule has 0 unspecified atom stereocenters. The molecule has 0 bridgehead atoms. The van der Waals surface area contributed by atoms with Gasteiger partial charge >= 0.3 is 0 Å². The van der Waals surface area contributed by atoms with E-state index in [0.717, 1.165) is 18.2 Å². The molecule has 0 radical (unpaired) electrons. The maximum absolute atomic E-state index is 12.3. The Morgan fingerprint density at radius 2 is 2.15 bits per heavy atom. The third-order valence-electron chi connectivity index (χ3n) is 5.83. The van der Waals surface area contributed by atoms with Crippen LogP contribution in [-0.4, -0.2) is 51.8 Å². The molecular weight excluding hydrogens is 324 g/mol. The first-order chi connectivity index (χ1) is 9.60. The molecule has 3 aliphatic heterocycles. The first-order valence-corrected chi connectivity index (χ1v) is 8.56. The molecule has 1 aliphatic carbocycles. The fourth-order valence-electron chi connectivity index (χ4n) is 4.76. The number of likely N-dealkylation sites (N-methyl/N-ethyl adjacent to an activating group) is 1. The van der Waals surface area contributed by atoms with E-state index < -0.39 is 6.10 Å². The van der Waals surface area contributed by atoms with Crippen molar-refractivity contribution < 1.29 is 14.4 Å². The van der Waals surface area contributed by atoms with Gasteiger partial charge < -0.3 is 0 Å². The number of hydrogen-bond donors (Lipinski definition) is 0.